The predicted octanol–water partition coefficient (Wildman–Crippen LogP) is 1.35. The Kier molecular flexibility index (Phi) is 4.60. The Morgan fingerprint density at radius 2 is 1.57 bits per heavy atom. The second-order valence-electron chi connectivity index (χ2n) is 3.93. The molecule has 0 spiro atoms. The number of hydrogen-bond donors (Lipinski definition) is 1. The number of aliphatic carboxylic acids is 1. The zero-order valence-electron chi connectivity index (χ0n) is 9.44. The summed E-state index contributed by atoms with van der Waals surface area (Å²) in [5, 5.41) is 8.84. The fraction of sp³-hybridized carbons (Fsp3) is 0.800. The van der Waals surface area contributed by atoms with Crippen molar-refractivity contribution in [2.45, 2.75) is 46.7 Å². The van der Waals surface area contributed by atoms with E-state index in [1.54, 1.807) is 0 Å². The second kappa shape index (κ2) is 4.98. The van der Waals surface area contributed by atoms with Crippen molar-refractivity contribution >= 4 is 11.9 Å². The lowest BCUT2D eigenvalue weighted by Gasteiger charge is -2.33. The third-order valence-electron chi connectivity index (χ3n) is 2.54. The Labute approximate surface area is 84.9 Å². The van der Waals surface area contributed by atoms with E-state index in [9.17, 15) is 9.59 Å². The topological polar surface area (TPSA) is 57.6 Å². The van der Waals surface area contributed by atoms with Crippen molar-refractivity contribution in [2.75, 3.05) is 0 Å². The van der Waals surface area contributed by atoms with E-state index >= 15 is 0 Å². The van der Waals surface area contributed by atoms with Gasteiger partial charge in [0, 0.05) is 13.0 Å². The number of carboxylic acids is 1. The van der Waals surface area contributed by atoms with Crippen molar-refractivity contribution in [3.8, 4) is 0 Å². The summed E-state index contributed by atoms with van der Waals surface area (Å²) in [7, 11) is 0. The largest absolute Gasteiger partial charge is 0.480 e. The number of nitrogens with zero attached hydrogens (tertiary/aromatic N) is 1. The first-order valence-electron chi connectivity index (χ1n) is 4.80. The van der Waals surface area contributed by atoms with E-state index in [4.69, 9.17) is 5.11 Å². The van der Waals surface area contributed by atoms with Crippen LogP contribution in [0.1, 0.15) is 34.6 Å². The van der Waals surface area contributed by atoms with Crippen LogP contribution in [0.2, 0.25) is 0 Å². The lowest BCUT2D eigenvalue weighted by molar-refractivity contribution is -0.151. The van der Waals surface area contributed by atoms with Crippen molar-refractivity contribution in [1.82, 2.24) is 4.90 Å². The lowest BCUT2D eigenvalue weighted by atomic mass is 10.0. The summed E-state index contributed by atoms with van der Waals surface area (Å²) in [6.45, 7) is 8.73. The van der Waals surface area contributed by atoms with Gasteiger partial charge in [0.25, 0.3) is 0 Å². The molecule has 2 atom stereocenters. The molecule has 14 heavy (non-hydrogen) atoms. The van der Waals surface area contributed by atoms with Gasteiger partial charge in [-0.15, -0.1) is 0 Å². The molecule has 0 heterocycles. The monoisotopic (exact) mass is 201 g/mol. The van der Waals surface area contributed by atoms with Crippen molar-refractivity contribution < 1.29 is 14.7 Å². The van der Waals surface area contributed by atoms with Gasteiger partial charge in [-0.2, -0.15) is 0 Å². The summed E-state index contributed by atoms with van der Waals surface area (Å²) in [6.07, 6.45) is 0. The SMILES string of the molecule is CC(=O)N(C(C)C(=O)O)C(C)C(C)C. The van der Waals surface area contributed by atoms with Crippen LogP contribution in [0.4, 0.5) is 0 Å². The van der Waals surface area contributed by atoms with Gasteiger partial charge in [0.15, 0.2) is 0 Å². The molecule has 0 aliphatic rings. The quantitative estimate of drug-likeness (QED) is 0.747. The standard InChI is InChI=1S/C10H19NO3/c1-6(2)7(3)11(9(5)12)8(4)10(13)14/h6-8H,1-5H3,(H,13,14). The van der Waals surface area contributed by atoms with Gasteiger partial charge in [0.05, 0.1) is 0 Å². The van der Waals surface area contributed by atoms with E-state index < -0.39 is 12.0 Å². The maximum atomic E-state index is 11.3. The van der Waals surface area contributed by atoms with Gasteiger partial charge in [-0.1, -0.05) is 13.8 Å². The van der Waals surface area contributed by atoms with Crippen LogP contribution in [0.25, 0.3) is 0 Å². The van der Waals surface area contributed by atoms with Gasteiger partial charge in [0.1, 0.15) is 6.04 Å². The van der Waals surface area contributed by atoms with E-state index in [1.807, 2.05) is 20.8 Å². The molecule has 0 saturated carbocycles. The van der Waals surface area contributed by atoms with Gasteiger partial charge < -0.3 is 10.0 Å². The summed E-state index contributed by atoms with van der Waals surface area (Å²) in [5.41, 5.74) is 0. The number of rotatable bonds is 4. The molecule has 0 radical (unpaired) electrons. The highest BCUT2D eigenvalue weighted by Gasteiger charge is 2.28. The molecule has 0 fully saturated rings. The Bertz CT molecular complexity index is 225. The number of carbonyl (C=O) groups is 2. The zero-order valence-corrected chi connectivity index (χ0v) is 9.44. The van der Waals surface area contributed by atoms with Gasteiger partial charge in [0.2, 0.25) is 5.91 Å². The van der Waals surface area contributed by atoms with Gasteiger partial charge in [-0.05, 0) is 19.8 Å². The van der Waals surface area contributed by atoms with Crippen LogP contribution in [0, 0.1) is 5.92 Å². The second-order valence-corrected chi connectivity index (χ2v) is 3.93. The molecule has 82 valence electrons. The first-order chi connectivity index (χ1) is 6.29. The van der Waals surface area contributed by atoms with E-state index in [2.05, 4.69) is 0 Å². The van der Waals surface area contributed by atoms with Gasteiger partial charge in [-0.3, -0.25) is 4.79 Å². The number of carboxylic acid groups (broad SMARTS) is 1. The van der Waals surface area contributed by atoms with E-state index in [0.29, 0.717) is 0 Å². The smallest absolute Gasteiger partial charge is 0.326 e. The molecular weight excluding hydrogens is 182 g/mol. The Morgan fingerprint density at radius 1 is 1.14 bits per heavy atom. The van der Waals surface area contributed by atoms with Crippen LogP contribution < -0.4 is 0 Å². The number of carbonyl (C=O) groups excluding carboxylic acids is 1. The van der Waals surface area contributed by atoms with Crippen LogP contribution >= 0.6 is 0 Å². The first kappa shape index (κ1) is 12.9. The Morgan fingerprint density at radius 3 is 1.79 bits per heavy atom. The summed E-state index contributed by atoms with van der Waals surface area (Å²) in [5.74, 6) is -0.908. The minimum atomic E-state index is -0.965. The average molecular weight is 201 g/mol. The lowest BCUT2D eigenvalue weighted by Crippen LogP contribution is -2.49. The third kappa shape index (κ3) is 3.01. The first-order valence-corrected chi connectivity index (χ1v) is 4.80. The molecule has 0 aliphatic carbocycles. The number of hydrogen-bond acceptors (Lipinski definition) is 2. The molecule has 0 aromatic rings. The van der Waals surface area contributed by atoms with Crippen LogP contribution in [0.15, 0.2) is 0 Å². The summed E-state index contributed by atoms with van der Waals surface area (Å²) in [6, 6.07) is -0.816. The molecule has 0 aliphatic heterocycles. The number of amides is 1. The molecule has 4 heteroatoms. The summed E-state index contributed by atoms with van der Waals surface area (Å²) in [4.78, 5) is 23.5. The van der Waals surface area contributed by atoms with E-state index in [-0.39, 0.29) is 17.9 Å². The highest BCUT2D eigenvalue weighted by atomic mass is 16.4. The molecule has 0 rings (SSSR count). The molecule has 0 bridgehead atoms. The summed E-state index contributed by atoms with van der Waals surface area (Å²) < 4.78 is 0. The van der Waals surface area contributed by atoms with E-state index in [1.165, 1.54) is 18.7 Å². The Hall–Kier alpha value is -1.06. The van der Waals surface area contributed by atoms with Crippen LogP contribution in [-0.2, 0) is 9.59 Å². The van der Waals surface area contributed by atoms with Gasteiger partial charge in [-0.25, -0.2) is 4.79 Å². The fourth-order valence-electron chi connectivity index (χ4n) is 1.35. The maximum Gasteiger partial charge on any atom is 0.326 e. The van der Waals surface area contributed by atoms with Crippen molar-refractivity contribution in [1.29, 1.82) is 0 Å². The molecule has 0 aromatic carbocycles. The van der Waals surface area contributed by atoms with Crippen LogP contribution in [-0.4, -0.2) is 34.0 Å². The van der Waals surface area contributed by atoms with Crippen molar-refractivity contribution in [3.05, 3.63) is 0 Å². The predicted molar refractivity (Wildman–Crippen MR) is 53.9 cm³/mol. The maximum absolute atomic E-state index is 11.3. The van der Waals surface area contributed by atoms with Crippen LogP contribution in [0.5, 0.6) is 0 Å². The Balaban J connectivity index is 4.76. The molecule has 1 amide bonds. The molecule has 0 aromatic heterocycles. The van der Waals surface area contributed by atoms with Gasteiger partial charge >= 0.3 is 5.97 Å². The molecular formula is C10H19NO3. The molecule has 1 N–H and O–H groups in total. The van der Waals surface area contributed by atoms with E-state index in [0.717, 1.165) is 0 Å². The molecule has 0 saturated heterocycles. The molecule has 4 nitrogen and oxygen atoms in total. The van der Waals surface area contributed by atoms with Crippen LogP contribution in [0.3, 0.4) is 0 Å². The van der Waals surface area contributed by atoms with Crippen molar-refractivity contribution in [2.24, 2.45) is 5.92 Å². The van der Waals surface area contributed by atoms with Crippen molar-refractivity contribution in [3.63, 3.8) is 0 Å². The summed E-state index contributed by atoms with van der Waals surface area (Å²) >= 11 is 0. The third-order valence-corrected chi connectivity index (χ3v) is 2.54. The highest BCUT2D eigenvalue weighted by Crippen LogP contribution is 2.14. The fourth-order valence-corrected chi connectivity index (χ4v) is 1.35. The highest BCUT2D eigenvalue weighted by molar-refractivity contribution is 5.82. The minimum absolute atomic E-state index is 0.0569. The zero-order chi connectivity index (χ0) is 11.5. The molecule has 2 unspecified atom stereocenters. The average Bonchev–Trinajstić information content (AvgIpc) is 2.03. The minimum Gasteiger partial charge on any atom is -0.480 e. The normalized spacial score (nSPS) is 15.0.